The Morgan fingerprint density at radius 1 is 0.667 bits per heavy atom. The van der Waals surface area contributed by atoms with Gasteiger partial charge >= 0.3 is 0 Å². The molecule has 0 unspecified atom stereocenters. The third-order valence-corrected chi connectivity index (χ3v) is 7.01. The lowest BCUT2D eigenvalue weighted by atomic mass is 9.96. The molecule has 0 spiro atoms. The molecule has 1 fully saturated rings. The predicted molar refractivity (Wildman–Crippen MR) is 141 cm³/mol. The van der Waals surface area contributed by atoms with Crippen molar-refractivity contribution >= 4 is 17.5 Å². The van der Waals surface area contributed by atoms with Crippen molar-refractivity contribution in [2.75, 3.05) is 32.7 Å². The second-order valence-corrected chi connectivity index (χ2v) is 9.32. The van der Waals surface area contributed by atoms with Crippen molar-refractivity contribution in [2.24, 2.45) is 5.10 Å². The zero-order chi connectivity index (χ0) is 24.7. The van der Waals surface area contributed by atoms with Crippen molar-refractivity contribution in [3.05, 3.63) is 108 Å². The minimum absolute atomic E-state index is 0.0467. The first-order chi connectivity index (χ1) is 17.7. The summed E-state index contributed by atoms with van der Waals surface area (Å²) < 4.78 is 0. The average molecular weight is 481 g/mol. The predicted octanol–water partition coefficient (Wildman–Crippen LogP) is 4.34. The Morgan fingerprint density at radius 3 is 1.78 bits per heavy atom. The van der Waals surface area contributed by atoms with Crippen LogP contribution in [0, 0.1) is 0 Å². The largest absolute Gasteiger partial charge is 0.340 e. The fraction of sp³-hybridized carbons (Fsp3) is 0.300. The molecule has 0 N–H and O–H groups in total. The van der Waals surface area contributed by atoms with Crippen LogP contribution in [0.4, 0.5) is 0 Å². The molecule has 0 saturated carbocycles. The molecule has 2 aliphatic rings. The van der Waals surface area contributed by atoms with Crippen molar-refractivity contribution in [1.29, 1.82) is 0 Å². The number of amides is 2. The summed E-state index contributed by atoms with van der Waals surface area (Å²) in [5.74, 6) is -0.0356. The lowest BCUT2D eigenvalue weighted by Gasteiger charge is -2.40. The van der Waals surface area contributed by atoms with Crippen LogP contribution in [0.5, 0.6) is 0 Å². The third kappa shape index (κ3) is 5.55. The second kappa shape index (κ2) is 11.3. The Hall–Kier alpha value is -3.77. The van der Waals surface area contributed by atoms with Crippen LogP contribution in [0.2, 0.25) is 0 Å². The zero-order valence-corrected chi connectivity index (χ0v) is 20.5. The Labute approximate surface area is 212 Å². The highest BCUT2D eigenvalue weighted by atomic mass is 16.2. The molecule has 6 heteroatoms. The number of hydrogen-bond acceptors (Lipinski definition) is 4. The van der Waals surface area contributed by atoms with Gasteiger partial charge in [-0.2, -0.15) is 5.10 Å². The molecule has 0 radical (unpaired) electrons. The maximum Gasteiger partial charge on any atom is 0.243 e. The van der Waals surface area contributed by atoms with E-state index in [0.29, 0.717) is 19.6 Å². The van der Waals surface area contributed by atoms with E-state index in [2.05, 4.69) is 58.5 Å². The number of hydrazone groups is 1. The maximum absolute atomic E-state index is 12.9. The zero-order valence-electron chi connectivity index (χ0n) is 20.5. The van der Waals surface area contributed by atoms with Gasteiger partial charge in [0.15, 0.2) is 0 Å². The van der Waals surface area contributed by atoms with Gasteiger partial charge in [0.25, 0.3) is 0 Å². The molecule has 0 bridgehead atoms. The van der Waals surface area contributed by atoms with Crippen molar-refractivity contribution in [2.45, 2.75) is 25.3 Å². The fourth-order valence-electron chi connectivity index (χ4n) is 5.09. The molecule has 2 aliphatic heterocycles. The number of piperazine rings is 1. The van der Waals surface area contributed by atoms with E-state index in [1.807, 2.05) is 47.4 Å². The summed E-state index contributed by atoms with van der Waals surface area (Å²) in [6.07, 6.45) is 1.17. The second-order valence-electron chi connectivity index (χ2n) is 9.32. The van der Waals surface area contributed by atoms with Gasteiger partial charge in [0.05, 0.1) is 18.3 Å². The summed E-state index contributed by atoms with van der Waals surface area (Å²) in [6.45, 7) is 3.51. The van der Waals surface area contributed by atoms with E-state index in [0.717, 1.165) is 30.8 Å². The molecule has 0 atom stereocenters. The van der Waals surface area contributed by atoms with Crippen LogP contribution in [0.1, 0.15) is 42.0 Å². The Kier molecular flexibility index (Phi) is 7.52. The van der Waals surface area contributed by atoms with Gasteiger partial charge in [-0.25, -0.2) is 5.01 Å². The van der Waals surface area contributed by atoms with E-state index in [-0.39, 0.29) is 30.7 Å². The van der Waals surface area contributed by atoms with Crippen molar-refractivity contribution in [3.63, 3.8) is 0 Å². The van der Waals surface area contributed by atoms with Gasteiger partial charge in [0.2, 0.25) is 11.8 Å². The van der Waals surface area contributed by atoms with E-state index in [9.17, 15) is 9.59 Å². The summed E-state index contributed by atoms with van der Waals surface area (Å²) in [5.41, 5.74) is 4.49. The third-order valence-electron chi connectivity index (χ3n) is 7.01. The molecule has 36 heavy (non-hydrogen) atoms. The van der Waals surface area contributed by atoms with Gasteiger partial charge in [0, 0.05) is 45.4 Å². The van der Waals surface area contributed by atoms with Gasteiger partial charge in [-0.15, -0.1) is 0 Å². The molecule has 2 amide bonds. The average Bonchev–Trinajstić information content (AvgIpc) is 3.45. The highest BCUT2D eigenvalue weighted by molar-refractivity contribution is 6.02. The summed E-state index contributed by atoms with van der Waals surface area (Å²) in [7, 11) is 0. The van der Waals surface area contributed by atoms with Gasteiger partial charge in [-0.3, -0.25) is 14.5 Å². The smallest absolute Gasteiger partial charge is 0.243 e. The Bertz CT molecular complexity index is 1150. The molecule has 6 nitrogen and oxygen atoms in total. The van der Waals surface area contributed by atoms with Gasteiger partial charge in [0.1, 0.15) is 0 Å². The molecule has 3 aromatic rings. The van der Waals surface area contributed by atoms with E-state index in [4.69, 9.17) is 0 Å². The Morgan fingerprint density at radius 2 is 1.19 bits per heavy atom. The first kappa shape index (κ1) is 23.9. The van der Waals surface area contributed by atoms with E-state index < -0.39 is 0 Å². The van der Waals surface area contributed by atoms with Crippen molar-refractivity contribution in [3.8, 4) is 0 Å². The number of benzene rings is 3. The first-order valence-corrected chi connectivity index (χ1v) is 12.7. The fourth-order valence-corrected chi connectivity index (χ4v) is 5.09. The highest BCUT2D eigenvalue weighted by Crippen LogP contribution is 2.29. The Balaban J connectivity index is 1.15. The van der Waals surface area contributed by atoms with Crippen molar-refractivity contribution < 1.29 is 9.59 Å². The number of carbonyl (C=O) groups excluding carboxylic acids is 2. The van der Waals surface area contributed by atoms with Gasteiger partial charge in [-0.05, 0) is 16.7 Å². The van der Waals surface area contributed by atoms with Crippen LogP contribution >= 0.6 is 0 Å². The summed E-state index contributed by atoms with van der Waals surface area (Å²) in [6, 6.07) is 31.2. The minimum Gasteiger partial charge on any atom is -0.340 e. The monoisotopic (exact) mass is 480 g/mol. The first-order valence-electron chi connectivity index (χ1n) is 12.7. The van der Waals surface area contributed by atoms with E-state index in [1.54, 1.807) is 0 Å². The summed E-state index contributed by atoms with van der Waals surface area (Å²) in [4.78, 5) is 30.0. The molecule has 0 aliphatic carbocycles. The standard InChI is InChI=1S/C30H32N4O2/c35-28(16-17-29(36)34-19-18-27(31-34)24-10-4-1-5-11-24)32-20-22-33(23-21-32)30(25-12-6-2-7-13-25)26-14-8-3-9-15-26/h1-15,30H,16-23H2. The molecular formula is C30H32N4O2. The molecule has 0 aromatic heterocycles. The molecule has 3 aromatic carbocycles. The van der Waals surface area contributed by atoms with E-state index in [1.165, 1.54) is 16.1 Å². The quantitative estimate of drug-likeness (QED) is 0.506. The van der Waals surface area contributed by atoms with Gasteiger partial charge < -0.3 is 4.90 Å². The molecule has 2 heterocycles. The normalized spacial score (nSPS) is 16.3. The lowest BCUT2D eigenvalue weighted by Crippen LogP contribution is -2.50. The number of nitrogens with zero attached hydrogens (tertiary/aromatic N) is 4. The molecule has 184 valence electrons. The van der Waals surface area contributed by atoms with Crippen LogP contribution in [0.15, 0.2) is 96.1 Å². The van der Waals surface area contributed by atoms with Crippen LogP contribution in [-0.2, 0) is 9.59 Å². The maximum atomic E-state index is 12.9. The summed E-state index contributed by atoms with van der Waals surface area (Å²) in [5, 5.41) is 6.03. The lowest BCUT2D eigenvalue weighted by molar-refractivity contribution is -0.138. The SMILES string of the molecule is O=C(CCC(=O)N1CCC(c2ccccc2)=N1)N1CCN(C(c2ccccc2)c2ccccc2)CC1. The number of carbonyl (C=O) groups is 2. The molecular weight excluding hydrogens is 448 g/mol. The number of rotatable bonds is 7. The minimum atomic E-state index is -0.0823. The molecule has 5 rings (SSSR count). The highest BCUT2D eigenvalue weighted by Gasteiger charge is 2.29. The van der Waals surface area contributed by atoms with E-state index >= 15 is 0 Å². The summed E-state index contributed by atoms with van der Waals surface area (Å²) >= 11 is 0. The van der Waals surface area contributed by atoms with Crippen LogP contribution < -0.4 is 0 Å². The van der Waals surface area contributed by atoms with Crippen molar-refractivity contribution in [1.82, 2.24) is 14.8 Å². The number of hydrogen-bond donors (Lipinski definition) is 0. The topological polar surface area (TPSA) is 56.2 Å². The van der Waals surface area contributed by atoms with Gasteiger partial charge in [-0.1, -0.05) is 91.0 Å². The van der Waals surface area contributed by atoms with Crippen LogP contribution in [-0.4, -0.2) is 65.1 Å². The van der Waals surface area contributed by atoms with Crippen LogP contribution in [0.3, 0.4) is 0 Å². The van der Waals surface area contributed by atoms with Crippen LogP contribution in [0.25, 0.3) is 0 Å². The molecule has 1 saturated heterocycles.